The molecule has 0 aromatic heterocycles. The maximum absolute atomic E-state index is 13.1. The maximum Gasteiger partial charge on any atom is 0.203 e. The van der Waals surface area contributed by atoms with E-state index in [4.69, 9.17) is 4.74 Å². The molecule has 0 amide bonds. The number of ketones is 1. The topological polar surface area (TPSA) is 26.3 Å². The SMILES string of the molecule is CC(Oc1cc(F)ccc1Br)C(=O)c1ccc(F)c(F)c1. The number of benzene rings is 2. The van der Waals surface area contributed by atoms with Crippen molar-refractivity contribution >= 4 is 21.7 Å². The highest BCUT2D eigenvalue weighted by Gasteiger charge is 2.19. The molecule has 21 heavy (non-hydrogen) atoms. The molecule has 0 aliphatic carbocycles. The van der Waals surface area contributed by atoms with Crippen molar-refractivity contribution in [3.05, 3.63) is 63.9 Å². The molecule has 6 heteroatoms. The Hall–Kier alpha value is -1.82. The Labute approximate surface area is 127 Å². The van der Waals surface area contributed by atoms with Crippen LogP contribution in [0.15, 0.2) is 40.9 Å². The molecule has 0 radical (unpaired) electrons. The van der Waals surface area contributed by atoms with E-state index in [0.717, 1.165) is 18.2 Å². The van der Waals surface area contributed by atoms with Crippen molar-refractivity contribution in [3.63, 3.8) is 0 Å². The van der Waals surface area contributed by atoms with E-state index in [1.54, 1.807) is 0 Å². The fourth-order valence-electron chi connectivity index (χ4n) is 1.70. The highest BCUT2D eigenvalue weighted by Crippen LogP contribution is 2.27. The summed E-state index contributed by atoms with van der Waals surface area (Å²) < 4.78 is 44.9. The Morgan fingerprint density at radius 3 is 2.48 bits per heavy atom. The molecule has 0 saturated carbocycles. The van der Waals surface area contributed by atoms with Crippen LogP contribution in [0.2, 0.25) is 0 Å². The standard InChI is InChI=1S/C15H10BrF3O2/c1-8(21-14-7-10(17)3-4-11(14)16)15(20)9-2-5-12(18)13(19)6-9/h2-8H,1H3. The number of rotatable bonds is 4. The Morgan fingerprint density at radius 2 is 1.81 bits per heavy atom. The van der Waals surface area contributed by atoms with Gasteiger partial charge in [0.15, 0.2) is 17.7 Å². The van der Waals surface area contributed by atoms with E-state index in [2.05, 4.69) is 15.9 Å². The van der Waals surface area contributed by atoms with E-state index in [1.807, 2.05) is 0 Å². The number of hydrogen-bond donors (Lipinski definition) is 0. The van der Waals surface area contributed by atoms with Gasteiger partial charge in [-0.1, -0.05) is 0 Å². The zero-order chi connectivity index (χ0) is 15.6. The monoisotopic (exact) mass is 358 g/mol. The predicted molar refractivity (Wildman–Crippen MR) is 74.9 cm³/mol. The lowest BCUT2D eigenvalue weighted by Crippen LogP contribution is -2.24. The van der Waals surface area contributed by atoms with Crippen LogP contribution in [0.4, 0.5) is 13.2 Å². The van der Waals surface area contributed by atoms with E-state index in [9.17, 15) is 18.0 Å². The molecule has 2 rings (SSSR count). The number of halogens is 4. The van der Waals surface area contributed by atoms with Crippen molar-refractivity contribution < 1.29 is 22.7 Å². The van der Waals surface area contributed by atoms with Gasteiger partial charge in [-0.3, -0.25) is 4.79 Å². The predicted octanol–water partition coefficient (Wildman–Crippen LogP) is 4.52. The summed E-state index contributed by atoms with van der Waals surface area (Å²) in [5, 5.41) is 0. The lowest BCUT2D eigenvalue weighted by molar-refractivity contribution is 0.0816. The second-order valence-electron chi connectivity index (χ2n) is 4.33. The molecular formula is C15H10BrF3O2. The van der Waals surface area contributed by atoms with Gasteiger partial charge in [0, 0.05) is 11.6 Å². The fraction of sp³-hybridized carbons (Fsp3) is 0.133. The minimum absolute atomic E-state index is 0.0195. The summed E-state index contributed by atoms with van der Waals surface area (Å²) in [6, 6.07) is 6.64. The van der Waals surface area contributed by atoms with Crippen LogP contribution in [-0.4, -0.2) is 11.9 Å². The van der Waals surface area contributed by atoms with Crippen LogP contribution < -0.4 is 4.74 Å². The molecule has 110 valence electrons. The molecule has 0 aliphatic heterocycles. The Kier molecular flexibility index (Phi) is 4.67. The lowest BCUT2D eigenvalue weighted by Gasteiger charge is -2.15. The summed E-state index contributed by atoms with van der Waals surface area (Å²) in [6.45, 7) is 1.45. The Bertz CT molecular complexity index is 689. The normalized spacial score (nSPS) is 12.0. The quantitative estimate of drug-likeness (QED) is 0.751. The van der Waals surface area contributed by atoms with Gasteiger partial charge >= 0.3 is 0 Å². The second-order valence-corrected chi connectivity index (χ2v) is 5.18. The largest absolute Gasteiger partial charge is 0.481 e. The van der Waals surface area contributed by atoms with Crippen molar-refractivity contribution in [3.8, 4) is 5.75 Å². The third-order valence-corrected chi connectivity index (χ3v) is 3.43. The van der Waals surface area contributed by atoms with Gasteiger partial charge in [-0.25, -0.2) is 13.2 Å². The van der Waals surface area contributed by atoms with E-state index >= 15 is 0 Å². The van der Waals surface area contributed by atoms with Crippen LogP contribution in [0.5, 0.6) is 5.75 Å². The van der Waals surface area contributed by atoms with Crippen molar-refractivity contribution in [2.75, 3.05) is 0 Å². The first-order chi connectivity index (χ1) is 9.88. The maximum atomic E-state index is 13.1. The highest BCUT2D eigenvalue weighted by atomic mass is 79.9. The molecule has 0 bridgehead atoms. The highest BCUT2D eigenvalue weighted by molar-refractivity contribution is 9.10. The molecule has 0 saturated heterocycles. The fourth-order valence-corrected chi connectivity index (χ4v) is 2.04. The van der Waals surface area contributed by atoms with Crippen molar-refractivity contribution in [2.45, 2.75) is 13.0 Å². The number of Topliss-reactive ketones (excluding diaryl/α,β-unsaturated/α-hetero) is 1. The summed E-state index contributed by atoms with van der Waals surface area (Å²) in [4.78, 5) is 12.1. The van der Waals surface area contributed by atoms with Gasteiger partial charge in [0.25, 0.3) is 0 Å². The average Bonchev–Trinajstić information content (AvgIpc) is 2.45. The number of ether oxygens (including phenoxy) is 1. The zero-order valence-corrected chi connectivity index (χ0v) is 12.5. The van der Waals surface area contributed by atoms with E-state index < -0.39 is 29.3 Å². The van der Waals surface area contributed by atoms with E-state index in [0.29, 0.717) is 4.47 Å². The van der Waals surface area contributed by atoms with Crippen molar-refractivity contribution in [1.29, 1.82) is 0 Å². The Balaban J connectivity index is 2.19. The van der Waals surface area contributed by atoms with Crippen molar-refractivity contribution in [2.24, 2.45) is 0 Å². The first-order valence-electron chi connectivity index (χ1n) is 5.99. The van der Waals surface area contributed by atoms with Gasteiger partial charge in [0.1, 0.15) is 11.6 Å². The van der Waals surface area contributed by atoms with Crippen LogP contribution in [0.1, 0.15) is 17.3 Å². The zero-order valence-electron chi connectivity index (χ0n) is 10.9. The Morgan fingerprint density at radius 1 is 1.10 bits per heavy atom. The average molecular weight is 359 g/mol. The minimum atomic E-state index is -1.11. The third kappa shape index (κ3) is 3.64. The van der Waals surface area contributed by atoms with Crippen molar-refractivity contribution in [1.82, 2.24) is 0 Å². The first kappa shape index (κ1) is 15.6. The summed E-state index contributed by atoms with van der Waals surface area (Å²) in [7, 11) is 0. The van der Waals surface area contributed by atoms with Gasteiger partial charge in [-0.05, 0) is 53.2 Å². The molecule has 0 spiro atoms. The molecule has 2 aromatic rings. The van der Waals surface area contributed by atoms with Gasteiger partial charge < -0.3 is 4.74 Å². The molecule has 0 heterocycles. The van der Waals surface area contributed by atoms with Crippen LogP contribution in [0, 0.1) is 17.5 Å². The lowest BCUT2D eigenvalue weighted by atomic mass is 10.1. The molecule has 0 N–H and O–H groups in total. The van der Waals surface area contributed by atoms with Crippen LogP contribution >= 0.6 is 15.9 Å². The van der Waals surface area contributed by atoms with Gasteiger partial charge in [-0.15, -0.1) is 0 Å². The minimum Gasteiger partial charge on any atom is -0.481 e. The number of carbonyl (C=O) groups excluding carboxylic acids is 1. The number of carbonyl (C=O) groups is 1. The number of hydrogen-bond acceptors (Lipinski definition) is 2. The molecule has 1 atom stereocenters. The molecule has 0 aliphatic rings. The van der Waals surface area contributed by atoms with Crippen LogP contribution in [0.3, 0.4) is 0 Å². The third-order valence-electron chi connectivity index (χ3n) is 2.77. The van der Waals surface area contributed by atoms with E-state index in [-0.39, 0.29) is 11.3 Å². The molecule has 2 nitrogen and oxygen atoms in total. The van der Waals surface area contributed by atoms with E-state index in [1.165, 1.54) is 25.1 Å². The van der Waals surface area contributed by atoms with Crippen LogP contribution in [-0.2, 0) is 0 Å². The van der Waals surface area contributed by atoms with Crippen LogP contribution in [0.25, 0.3) is 0 Å². The van der Waals surface area contributed by atoms with Gasteiger partial charge in [-0.2, -0.15) is 0 Å². The molecule has 2 aromatic carbocycles. The molecule has 1 unspecified atom stereocenters. The second kappa shape index (κ2) is 6.30. The smallest absolute Gasteiger partial charge is 0.203 e. The molecule has 0 fully saturated rings. The van der Waals surface area contributed by atoms with Gasteiger partial charge in [0.05, 0.1) is 4.47 Å². The summed E-state index contributed by atoms with van der Waals surface area (Å²) in [5.41, 5.74) is -0.0195. The summed E-state index contributed by atoms with van der Waals surface area (Å²) >= 11 is 3.17. The summed E-state index contributed by atoms with van der Waals surface area (Å²) in [5.74, 6) is -3.04. The molecular weight excluding hydrogens is 349 g/mol. The summed E-state index contributed by atoms with van der Waals surface area (Å²) in [6.07, 6.45) is -0.979. The first-order valence-corrected chi connectivity index (χ1v) is 6.78. The van der Waals surface area contributed by atoms with Gasteiger partial charge in [0.2, 0.25) is 5.78 Å².